The second-order valence-corrected chi connectivity index (χ2v) is 6.34. The topological polar surface area (TPSA) is 24.9 Å². The van der Waals surface area contributed by atoms with Crippen molar-refractivity contribution in [3.8, 4) is 0 Å². The van der Waals surface area contributed by atoms with E-state index in [1.165, 1.54) is 27.6 Å². The van der Waals surface area contributed by atoms with Gasteiger partial charge in [0.2, 0.25) is 0 Å². The first-order valence-electron chi connectivity index (χ1n) is 7.16. The fraction of sp³-hybridized carbons (Fsp3) is 0.167. The maximum Gasteiger partial charge on any atom is 0.0607 e. The van der Waals surface area contributed by atoms with Gasteiger partial charge < -0.3 is 5.32 Å². The minimum Gasteiger partial charge on any atom is -0.377 e. The predicted octanol–water partition coefficient (Wildman–Crippen LogP) is 4.63. The molecule has 3 aromatic rings. The number of aromatic nitrogens is 1. The summed E-state index contributed by atoms with van der Waals surface area (Å²) in [5.41, 5.74) is 4.05. The molecule has 0 bridgehead atoms. The van der Waals surface area contributed by atoms with E-state index < -0.39 is 0 Å². The Morgan fingerprint density at radius 3 is 3.00 bits per heavy atom. The third-order valence-corrected chi connectivity index (χ3v) is 5.07. The van der Waals surface area contributed by atoms with Gasteiger partial charge in [-0.15, -0.1) is 0 Å². The molecule has 0 saturated heterocycles. The average Bonchev–Trinajstić information content (AvgIpc) is 2.56. The highest BCUT2D eigenvalue weighted by atomic mass is 32.2. The third-order valence-electron chi connectivity index (χ3n) is 3.99. The summed E-state index contributed by atoms with van der Waals surface area (Å²) in [4.78, 5) is 4.27. The Morgan fingerprint density at radius 1 is 1.05 bits per heavy atom. The highest BCUT2D eigenvalue weighted by Crippen LogP contribution is 2.35. The van der Waals surface area contributed by atoms with Crippen LogP contribution in [0.3, 0.4) is 0 Å². The van der Waals surface area contributed by atoms with Crippen molar-refractivity contribution in [1.82, 2.24) is 4.98 Å². The molecule has 0 aliphatic carbocycles. The van der Waals surface area contributed by atoms with E-state index in [0.717, 1.165) is 11.5 Å². The molecule has 0 spiro atoms. The highest BCUT2D eigenvalue weighted by Gasteiger charge is 2.20. The number of nitrogens with zero attached hydrogens (tertiary/aromatic N) is 1. The minimum absolute atomic E-state index is 0.366. The van der Waals surface area contributed by atoms with Gasteiger partial charge in [-0.3, -0.25) is 4.98 Å². The number of benzene rings is 2. The van der Waals surface area contributed by atoms with Gasteiger partial charge in [-0.05, 0) is 28.6 Å². The van der Waals surface area contributed by atoms with E-state index in [-0.39, 0.29) is 0 Å². The number of thioether (sulfide) groups is 1. The molecule has 0 amide bonds. The Morgan fingerprint density at radius 2 is 2.00 bits per heavy atom. The summed E-state index contributed by atoms with van der Waals surface area (Å²) < 4.78 is 0. The quantitative estimate of drug-likeness (QED) is 0.745. The second kappa shape index (κ2) is 5.41. The van der Waals surface area contributed by atoms with Crippen LogP contribution >= 0.6 is 11.8 Å². The zero-order valence-electron chi connectivity index (χ0n) is 11.6. The Labute approximate surface area is 128 Å². The van der Waals surface area contributed by atoms with Crippen molar-refractivity contribution in [3.05, 3.63) is 72.1 Å². The molecule has 1 aliphatic rings. The molecule has 1 unspecified atom stereocenters. The van der Waals surface area contributed by atoms with Crippen LogP contribution in [0.1, 0.15) is 17.2 Å². The number of rotatable bonds is 2. The van der Waals surface area contributed by atoms with Crippen LogP contribution in [-0.2, 0) is 5.75 Å². The summed E-state index contributed by atoms with van der Waals surface area (Å²) in [5.74, 6) is 2.22. The summed E-state index contributed by atoms with van der Waals surface area (Å²) >= 11 is 1.99. The SMILES string of the molecule is c1ccc2c(c1)CSCC2Nc1cccc2ccncc12. The van der Waals surface area contributed by atoms with E-state index >= 15 is 0 Å². The second-order valence-electron chi connectivity index (χ2n) is 5.31. The predicted molar refractivity (Wildman–Crippen MR) is 90.7 cm³/mol. The normalized spacial score (nSPS) is 17.4. The highest BCUT2D eigenvalue weighted by molar-refractivity contribution is 7.98. The first-order chi connectivity index (χ1) is 10.4. The number of hydrogen-bond donors (Lipinski definition) is 1. The molecule has 21 heavy (non-hydrogen) atoms. The van der Waals surface area contributed by atoms with Crippen molar-refractivity contribution in [2.24, 2.45) is 0 Å². The number of pyridine rings is 1. The van der Waals surface area contributed by atoms with E-state index in [1.807, 2.05) is 24.2 Å². The Kier molecular flexibility index (Phi) is 3.28. The summed E-state index contributed by atoms with van der Waals surface area (Å²) in [5, 5.41) is 6.14. The van der Waals surface area contributed by atoms with Gasteiger partial charge in [0, 0.05) is 35.0 Å². The molecule has 2 heterocycles. The standard InChI is InChI=1S/C18H16N2S/c1-2-6-15-14(4-1)11-21-12-18(15)20-17-7-3-5-13-8-9-19-10-16(13)17/h1-10,18,20H,11-12H2. The van der Waals surface area contributed by atoms with Crippen LogP contribution in [0, 0.1) is 0 Å². The van der Waals surface area contributed by atoms with Crippen molar-refractivity contribution < 1.29 is 0 Å². The first kappa shape index (κ1) is 12.7. The van der Waals surface area contributed by atoms with Crippen molar-refractivity contribution in [3.63, 3.8) is 0 Å². The molecule has 1 aromatic heterocycles. The smallest absolute Gasteiger partial charge is 0.0607 e. The van der Waals surface area contributed by atoms with Crippen molar-refractivity contribution in [2.75, 3.05) is 11.1 Å². The molecule has 3 heteroatoms. The summed E-state index contributed by atoms with van der Waals surface area (Å²) in [6.07, 6.45) is 3.79. The number of nitrogens with one attached hydrogen (secondary N) is 1. The van der Waals surface area contributed by atoms with Crippen molar-refractivity contribution in [1.29, 1.82) is 0 Å². The summed E-state index contributed by atoms with van der Waals surface area (Å²) in [6.45, 7) is 0. The maximum absolute atomic E-state index is 4.27. The molecule has 2 aromatic carbocycles. The van der Waals surface area contributed by atoms with Crippen molar-refractivity contribution in [2.45, 2.75) is 11.8 Å². The van der Waals surface area contributed by atoms with Crippen LogP contribution in [0.5, 0.6) is 0 Å². The maximum atomic E-state index is 4.27. The van der Waals surface area contributed by atoms with Gasteiger partial charge in [0.25, 0.3) is 0 Å². The molecular formula is C18H16N2S. The van der Waals surface area contributed by atoms with E-state index in [1.54, 1.807) is 0 Å². The number of fused-ring (bicyclic) bond motifs is 2. The molecule has 1 aliphatic heterocycles. The monoisotopic (exact) mass is 292 g/mol. The van der Waals surface area contributed by atoms with Crippen LogP contribution in [0.15, 0.2) is 60.9 Å². The van der Waals surface area contributed by atoms with Crippen LogP contribution < -0.4 is 5.32 Å². The van der Waals surface area contributed by atoms with Gasteiger partial charge in [0.15, 0.2) is 0 Å². The van der Waals surface area contributed by atoms with E-state index in [4.69, 9.17) is 0 Å². The van der Waals surface area contributed by atoms with Crippen LogP contribution in [-0.4, -0.2) is 10.7 Å². The van der Waals surface area contributed by atoms with Gasteiger partial charge in [-0.1, -0.05) is 36.4 Å². The first-order valence-corrected chi connectivity index (χ1v) is 8.32. The number of anilines is 1. The van der Waals surface area contributed by atoms with E-state index in [0.29, 0.717) is 6.04 Å². The molecule has 0 radical (unpaired) electrons. The molecule has 104 valence electrons. The zero-order chi connectivity index (χ0) is 14.1. The van der Waals surface area contributed by atoms with Gasteiger partial charge in [0.05, 0.1) is 6.04 Å². The largest absolute Gasteiger partial charge is 0.377 e. The Balaban J connectivity index is 1.73. The van der Waals surface area contributed by atoms with Crippen molar-refractivity contribution >= 4 is 28.2 Å². The lowest BCUT2D eigenvalue weighted by Gasteiger charge is -2.27. The molecule has 1 atom stereocenters. The fourth-order valence-corrected chi connectivity index (χ4v) is 4.03. The van der Waals surface area contributed by atoms with Crippen LogP contribution in [0.25, 0.3) is 10.8 Å². The van der Waals surface area contributed by atoms with E-state index in [9.17, 15) is 0 Å². The van der Waals surface area contributed by atoms with Crippen LogP contribution in [0.4, 0.5) is 5.69 Å². The minimum atomic E-state index is 0.366. The summed E-state index contributed by atoms with van der Waals surface area (Å²) in [6, 6.07) is 17.5. The lowest BCUT2D eigenvalue weighted by Crippen LogP contribution is -2.18. The van der Waals surface area contributed by atoms with Crippen LogP contribution in [0.2, 0.25) is 0 Å². The molecule has 2 nitrogen and oxygen atoms in total. The lowest BCUT2D eigenvalue weighted by molar-refractivity contribution is 0.873. The zero-order valence-corrected chi connectivity index (χ0v) is 12.4. The molecular weight excluding hydrogens is 276 g/mol. The third kappa shape index (κ3) is 2.38. The van der Waals surface area contributed by atoms with Gasteiger partial charge >= 0.3 is 0 Å². The van der Waals surface area contributed by atoms with E-state index in [2.05, 4.69) is 58.8 Å². The lowest BCUT2D eigenvalue weighted by atomic mass is 10.0. The van der Waals surface area contributed by atoms with Gasteiger partial charge in [0.1, 0.15) is 0 Å². The fourth-order valence-electron chi connectivity index (χ4n) is 2.93. The van der Waals surface area contributed by atoms with Gasteiger partial charge in [-0.25, -0.2) is 0 Å². The Hall–Kier alpha value is -2.00. The number of hydrogen-bond acceptors (Lipinski definition) is 3. The molecule has 1 N–H and O–H groups in total. The average molecular weight is 292 g/mol. The molecule has 4 rings (SSSR count). The summed E-state index contributed by atoms with van der Waals surface area (Å²) in [7, 11) is 0. The Bertz CT molecular complexity index is 780. The molecule has 0 saturated carbocycles. The molecule has 0 fully saturated rings. The van der Waals surface area contributed by atoms with Gasteiger partial charge in [-0.2, -0.15) is 11.8 Å².